The molecule has 1 atom stereocenters. The molecule has 0 heterocycles. The van der Waals surface area contributed by atoms with Crippen LogP contribution in [0.15, 0.2) is 0 Å². The molecule has 2 saturated carbocycles. The van der Waals surface area contributed by atoms with E-state index in [1.165, 1.54) is 32.4 Å². The van der Waals surface area contributed by atoms with Gasteiger partial charge in [-0.1, -0.05) is 20.8 Å². The van der Waals surface area contributed by atoms with E-state index in [0.29, 0.717) is 11.7 Å². The summed E-state index contributed by atoms with van der Waals surface area (Å²) in [6, 6.07) is 0. The molecule has 2 fully saturated rings. The summed E-state index contributed by atoms with van der Waals surface area (Å²) in [6.45, 7) is 9.88. The van der Waals surface area contributed by atoms with Gasteiger partial charge >= 0.3 is 0 Å². The van der Waals surface area contributed by atoms with E-state index < -0.39 is 0 Å². The molecule has 17 heavy (non-hydrogen) atoms. The fourth-order valence-electron chi connectivity index (χ4n) is 3.07. The minimum atomic E-state index is -0.0534. The zero-order chi connectivity index (χ0) is 12.5. The standard InChI is InChI=1S/C15H27NO/c1-4-9-16(10-12-5-6-12)11-13-7-8-15(2,3)14(13)17/h12-13H,4-11H2,1-3H3. The van der Waals surface area contributed by atoms with Crippen molar-refractivity contribution in [2.45, 2.75) is 52.9 Å². The Kier molecular flexibility index (Phi) is 3.92. The smallest absolute Gasteiger partial charge is 0.142 e. The van der Waals surface area contributed by atoms with Crippen molar-refractivity contribution in [1.82, 2.24) is 4.90 Å². The third kappa shape index (κ3) is 3.31. The van der Waals surface area contributed by atoms with Gasteiger partial charge in [0.15, 0.2) is 0 Å². The summed E-state index contributed by atoms with van der Waals surface area (Å²) in [4.78, 5) is 14.8. The van der Waals surface area contributed by atoms with Crippen molar-refractivity contribution in [3.63, 3.8) is 0 Å². The SMILES string of the molecule is CCCN(CC1CC1)CC1CCC(C)(C)C1=O. The molecule has 0 N–H and O–H groups in total. The summed E-state index contributed by atoms with van der Waals surface area (Å²) < 4.78 is 0. The number of carbonyl (C=O) groups is 1. The van der Waals surface area contributed by atoms with E-state index in [0.717, 1.165) is 25.3 Å². The summed E-state index contributed by atoms with van der Waals surface area (Å²) in [7, 11) is 0. The minimum absolute atomic E-state index is 0.0534. The zero-order valence-electron chi connectivity index (χ0n) is 11.7. The number of nitrogens with zero attached hydrogens (tertiary/aromatic N) is 1. The molecular weight excluding hydrogens is 210 g/mol. The van der Waals surface area contributed by atoms with Crippen molar-refractivity contribution in [3.05, 3.63) is 0 Å². The van der Waals surface area contributed by atoms with E-state index in [4.69, 9.17) is 0 Å². The molecule has 0 aromatic carbocycles. The van der Waals surface area contributed by atoms with Crippen molar-refractivity contribution in [2.24, 2.45) is 17.3 Å². The second-order valence-corrected chi connectivity index (χ2v) is 6.69. The van der Waals surface area contributed by atoms with Crippen molar-refractivity contribution >= 4 is 5.78 Å². The van der Waals surface area contributed by atoms with Crippen LogP contribution in [0, 0.1) is 17.3 Å². The summed E-state index contributed by atoms with van der Waals surface area (Å²) in [6.07, 6.45) is 6.21. The molecule has 2 aliphatic carbocycles. The van der Waals surface area contributed by atoms with Gasteiger partial charge in [-0.2, -0.15) is 0 Å². The largest absolute Gasteiger partial charge is 0.302 e. The average Bonchev–Trinajstić information content (AvgIpc) is 3.03. The van der Waals surface area contributed by atoms with Crippen LogP contribution in [0.5, 0.6) is 0 Å². The predicted octanol–water partition coefficient (Wildman–Crippen LogP) is 3.11. The molecule has 2 rings (SSSR count). The van der Waals surface area contributed by atoms with Gasteiger partial charge in [-0.05, 0) is 44.6 Å². The first kappa shape index (κ1) is 13.1. The highest BCUT2D eigenvalue weighted by atomic mass is 16.1. The lowest BCUT2D eigenvalue weighted by molar-refractivity contribution is -0.128. The van der Waals surface area contributed by atoms with Gasteiger partial charge in [-0.25, -0.2) is 0 Å². The van der Waals surface area contributed by atoms with Crippen LogP contribution in [0.4, 0.5) is 0 Å². The van der Waals surface area contributed by atoms with Crippen LogP contribution in [-0.4, -0.2) is 30.3 Å². The summed E-state index contributed by atoms with van der Waals surface area (Å²) in [5.74, 6) is 1.76. The fraction of sp³-hybridized carbons (Fsp3) is 0.933. The molecule has 0 saturated heterocycles. The molecule has 1 unspecified atom stereocenters. The molecule has 98 valence electrons. The van der Waals surface area contributed by atoms with Gasteiger partial charge in [0, 0.05) is 24.4 Å². The van der Waals surface area contributed by atoms with Gasteiger partial charge in [-0.3, -0.25) is 4.79 Å². The van der Waals surface area contributed by atoms with Crippen LogP contribution in [-0.2, 0) is 4.79 Å². The van der Waals surface area contributed by atoms with Crippen LogP contribution in [0.25, 0.3) is 0 Å². The highest BCUT2D eigenvalue weighted by Crippen LogP contribution is 2.38. The quantitative estimate of drug-likeness (QED) is 0.707. The third-order valence-corrected chi connectivity index (χ3v) is 4.39. The Balaban J connectivity index is 1.86. The average molecular weight is 237 g/mol. The molecule has 0 bridgehead atoms. The second-order valence-electron chi connectivity index (χ2n) is 6.69. The minimum Gasteiger partial charge on any atom is -0.302 e. The van der Waals surface area contributed by atoms with E-state index in [2.05, 4.69) is 25.7 Å². The Bertz CT molecular complexity index is 281. The maximum Gasteiger partial charge on any atom is 0.142 e. The third-order valence-electron chi connectivity index (χ3n) is 4.39. The molecule has 0 aliphatic heterocycles. The summed E-state index contributed by atoms with van der Waals surface area (Å²) >= 11 is 0. The van der Waals surface area contributed by atoms with Crippen molar-refractivity contribution in [3.8, 4) is 0 Å². The number of ketones is 1. The lowest BCUT2D eigenvalue weighted by Gasteiger charge is -2.25. The first-order chi connectivity index (χ1) is 8.03. The van der Waals surface area contributed by atoms with E-state index in [-0.39, 0.29) is 5.41 Å². The van der Waals surface area contributed by atoms with Gasteiger partial charge in [-0.15, -0.1) is 0 Å². The number of rotatable bonds is 6. The predicted molar refractivity (Wildman–Crippen MR) is 71.0 cm³/mol. The Hall–Kier alpha value is -0.370. The first-order valence-electron chi connectivity index (χ1n) is 7.29. The molecule has 0 amide bonds. The maximum absolute atomic E-state index is 12.2. The lowest BCUT2D eigenvalue weighted by Crippen LogP contribution is -2.35. The normalized spacial score (nSPS) is 28.0. The molecule has 0 radical (unpaired) electrons. The molecule has 0 aromatic heterocycles. The summed E-state index contributed by atoms with van der Waals surface area (Å²) in [5, 5.41) is 0. The van der Waals surface area contributed by atoms with Crippen molar-refractivity contribution in [1.29, 1.82) is 0 Å². The second kappa shape index (κ2) is 5.09. The molecular formula is C15H27NO. The Morgan fingerprint density at radius 2 is 1.94 bits per heavy atom. The summed E-state index contributed by atoms with van der Waals surface area (Å²) in [5.41, 5.74) is -0.0534. The molecule has 2 nitrogen and oxygen atoms in total. The number of carbonyl (C=O) groups excluding carboxylic acids is 1. The van der Waals surface area contributed by atoms with E-state index in [1.54, 1.807) is 0 Å². The van der Waals surface area contributed by atoms with Crippen molar-refractivity contribution < 1.29 is 4.79 Å². The van der Waals surface area contributed by atoms with Crippen molar-refractivity contribution in [2.75, 3.05) is 19.6 Å². The van der Waals surface area contributed by atoms with Crippen LogP contribution >= 0.6 is 0 Å². The fourth-order valence-corrected chi connectivity index (χ4v) is 3.07. The van der Waals surface area contributed by atoms with E-state index in [1.807, 2.05) is 0 Å². The maximum atomic E-state index is 12.2. The van der Waals surface area contributed by atoms with Crippen LogP contribution < -0.4 is 0 Å². The van der Waals surface area contributed by atoms with E-state index in [9.17, 15) is 4.79 Å². The van der Waals surface area contributed by atoms with Gasteiger partial charge in [0.05, 0.1) is 0 Å². The van der Waals surface area contributed by atoms with Gasteiger partial charge in [0.2, 0.25) is 0 Å². The highest BCUT2D eigenvalue weighted by Gasteiger charge is 2.41. The van der Waals surface area contributed by atoms with Gasteiger partial charge in [0.1, 0.15) is 5.78 Å². The van der Waals surface area contributed by atoms with E-state index >= 15 is 0 Å². The Morgan fingerprint density at radius 1 is 1.24 bits per heavy atom. The van der Waals surface area contributed by atoms with Crippen LogP contribution in [0.3, 0.4) is 0 Å². The number of hydrogen-bond acceptors (Lipinski definition) is 2. The molecule has 0 spiro atoms. The highest BCUT2D eigenvalue weighted by molar-refractivity contribution is 5.88. The van der Waals surface area contributed by atoms with Crippen LogP contribution in [0.2, 0.25) is 0 Å². The Morgan fingerprint density at radius 3 is 2.41 bits per heavy atom. The van der Waals surface area contributed by atoms with Gasteiger partial charge < -0.3 is 4.90 Å². The number of Topliss-reactive ketones (excluding diaryl/α,β-unsaturated/α-hetero) is 1. The first-order valence-corrected chi connectivity index (χ1v) is 7.29. The molecule has 2 heteroatoms. The van der Waals surface area contributed by atoms with Crippen LogP contribution in [0.1, 0.15) is 52.9 Å². The van der Waals surface area contributed by atoms with Gasteiger partial charge in [0.25, 0.3) is 0 Å². The molecule has 0 aromatic rings. The monoisotopic (exact) mass is 237 g/mol. The lowest BCUT2D eigenvalue weighted by atomic mass is 9.89. The Labute approximate surface area is 106 Å². The molecule has 2 aliphatic rings. The number of hydrogen-bond donors (Lipinski definition) is 0. The topological polar surface area (TPSA) is 20.3 Å². The zero-order valence-corrected chi connectivity index (χ0v) is 11.7.